The van der Waals surface area contributed by atoms with Gasteiger partial charge in [0.2, 0.25) is 0 Å². The fourth-order valence-electron chi connectivity index (χ4n) is 2.79. The Morgan fingerprint density at radius 2 is 1.26 bits per heavy atom. The van der Waals surface area contributed by atoms with E-state index in [1.807, 2.05) is 0 Å². The zero-order valence-corrected chi connectivity index (χ0v) is 14.3. The van der Waals surface area contributed by atoms with Crippen molar-refractivity contribution < 1.29 is 63.9 Å². The van der Waals surface area contributed by atoms with E-state index in [9.17, 15) is 35.1 Å². The zero-order valence-electron chi connectivity index (χ0n) is 14.3. The summed E-state index contributed by atoms with van der Waals surface area (Å²) in [5, 5.41) is 58.3. The summed E-state index contributed by atoms with van der Waals surface area (Å²) in [5.41, 5.74) is 0. The predicted molar refractivity (Wildman–Crippen MR) is 78.9 cm³/mol. The maximum absolute atomic E-state index is 12.3. The first-order valence-electron chi connectivity index (χ1n) is 7.84. The van der Waals surface area contributed by atoms with Crippen molar-refractivity contribution in [2.24, 2.45) is 0 Å². The molecule has 6 N–H and O–H groups in total. The summed E-state index contributed by atoms with van der Waals surface area (Å²) in [6.45, 7) is 0. The molecule has 2 heterocycles. The van der Waals surface area contributed by atoms with Crippen molar-refractivity contribution in [1.82, 2.24) is 0 Å². The van der Waals surface area contributed by atoms with Gasteiger partial charge in [-0.3, -0.25) is 0 Å². The lowest BCUT2D eigenvalue weighted by Gasteiger charge is -2.42. The molecule has 0 aliphatic carbocycles. The maximum Gasteiger partial charge on any atom is 0.338 e. The number of carboxylic acids is 1. The molecule has 0 amide bonds. The quantitative estimate of drug-likeness (QED) is 0.242. The molecule has 1 unspecified atom stereocenters. The largest absolute Gasteiger partial charge is 0.479 e. The van der Waals surface area contributed by atoms with E-state index in [1.165, 1.54) is 0 Å². The monoisotopic (exact) mass is 398 g/mol. The minimum Gasteiger partial charge on any atom is -0.479 e. The molecule has 27 heavy (non-hydrogen) atoms. The van der Waals surface area contributed by atoms with Crippen LogP contribution in [0.4, 0.5) is 0 Å². The summed E-state index contributed by atoms with van der Waals surface area (Å²) < 4.78 is 24.6. The number of carbonyl (C=O) groups is 2. The normalized spacial score (nSPS) is 45.3. The van der Waals surface area contributed by atoms with Crippen molar-refractivity contribution in [2.75, 3.05) is 14.2 Å². The maximum atomic E-state index is 12.3. The number of aliphatic hydroxyl groups is 5. The van der Waals surface area contributed by atoms with Gasteiger partial charge in [0.05, 0.1) is 0 Å². The molecule has 0 radical (unpaired) electrons. The van der Waals surface area contributed by atoms with E-state index >= 15 is 0 Å². The highest BCUT2D eigenvalue weighted by Gasteiger charge is 2.52. The van der Waals surface area contributed by atoms with Gasteiger partial charge >= 0.3 is 11.9 Å². The van der Waals surface area contributed by atoms with Gasteiger partial charge in [0.25, 0.3) is 0 Å². The van der Waals surface area contributed by atoms with E-state index in [2.05, 4.69) is 0 Å². The standard InChI is InChI=1S/C14H22O13/c1-23-13-7(19)3(15)4(16)9(27-13)12(22)25-10-6(18)5(17)8(11(20)21)26-14(10)24-2/h3-10,13-19H,1-2H3,(H,20,21)/t3-,4-,5-,6-,7+,8-,9-,10+,13+,14?/m0/s1. The highest BCUT2D eigenvalue weighted by atomic mass is 16.7. The molecule has 0 aromatic rings. The number of aliphatic hydroxyl groups excluding tert-OH is 5. The van der Waals surface area contributed by atoms with Crippen LogP contribution in [0.2, 0.25) is 0 Å². The Kier molecular flexibility index (Phi) is 7.07. The molecular weight excluding hydrogens is 376 g/mol. The van der Waals surface area contributed by atoms with Crippen molar-refractivity contribution in [1.29, 1.82) is 0 Å². The SMILES string of the molecule is COC1O[C@H](C(=O)O)[C@@H](O)[C@H](O)[C@H]1OC(=O)[C@H]1O[C@@H](OC)[C@H](O)[C@@H](O)[C@@H]1O. The van der Waals surface area contributed by atoms with Crippen LogP contribution in [-0.2, 0) is 33.3 Å². The minimum atomic E-state index is -1.94. The van der Waals surface area contributed by atoms with Crippen LogP contribution in [0.25, 0.3) is 0 Å². The average molecular weight is 398 g/mol. The number of ether oxygens (including phenoxy) is 5. The molecule has 2 aliphatic heterocycles. The lowest BCUT2D eigenvalue weighted by Crippen LogP contribution is -2.64. The summed E-state index contributed by atoms with van der Waals surface area (Å²) >= 11 is 0. The molecule has 156 valence electrons. The van der Waals surface area contributed by atoms with Crippen LogP contribution in [0, 0.1) is 0 Å². The predicted octanol–water partition coefficient (Wildman–Crippen LogP) is -4.47. The second-order valence-electron chi connectivity index (χ2n) is 6.01. The number of hydrogen-bond acceptors (Lipinski definition) is 12. The molecule has 0 bridgehead atoms. The molecule has 2 fully saturated rings. The molecular formula is C14H22O13. The van der Waals surface area contributed by atoms with Crippen molar-refractivity contribution in [3.05, 3.63) is 0 Å². The van der Waals surface area contributed by atoms with E-state index in [0.29, 0.717) is 0 Å². The van der Waals surface area contributed by atoms with Crippen LogP contribution in [-0.4, -0.2) is 118 Å². The first kappa shape index (κ1) is 21.9. The third-order valence-corrected chi connectivity index (χ3v) is 4.31. The number of aliphatic carboxylic acids is 1. The van der Waals surface area contributed by atoms with E-state index in [4.69, 9.17) is 28.8 Å². The summed E-state index contributed by atoms with van der Waals surface area (Å²) in [4.78, 5) is 23.4. The summed E-state index contributed by atoms with van der Waals surface area (Å²) in [6.07, 6.45) is -17.5. The molecule has 0 aromatic heterocycles. The third-order valence-electron chi connectivity index (χ3n) is 4.31. The lowest BCUT2D eigenvalue weighted by atomic mass is 9.97. The lowest BCUT2D eigenvalue weighted by molar-refractivity contribution is -0.307. The van der Waals surface area contributed by atoms with Crippen LogP contribution in [0.3, 0.4) is 0 Å². The first-order valence-corrected chi connectivity index (χ1v) is 7.84. The van der Waals surface area contributed by atoms with E-state index < -0.39 is 73.4 Å². The number of esters is 1. The summed E-state index contributed by atoms with van der Waals surface area (Å²) in [5.74, 6) is -2.87. The Bertz CT molecular complexity index is 537. The van der Waals surface area contributed by atoms with Crippen molar-refractivity contribution >= 4 is 11.9 Å². The zero-order chi connectivity index (χ0) is 20.5. The molecule has 2 saturated heterocycles. The van der Waals surface area contributed by atoms with Gasteiger partial charge in [-0.2, -0.15) is 0 Å². The molecule has 0 spiro atoms. The van der Waals surface area contributed by atoms with Gasteiger partial charge in [-0.1, -0.05) is 0 Å². The molecule has 13 nitrogen and oxygen atoms in total. The van der Waals surface area contributed by atoms with Gasteiger partial charge in [-0.05, 0) is 0 Å². The third kappa shape index (κ3) is 4.21. The Balaban J connectivity index is 2.14. The number of carboxylic acid groups (broad SMARTS) is 1. The van der Waals surface area contributed by atoms with E-state index in [-0.39, 0.29) is 0 Å². The second-order valence-corrected chi connectivity index (χ2v) is 6.01. The van der Waals surface area contributed by atoms with Gasteiger partial charge < -0.3 is 54.3 Å². The molecule has 0 saturated carbocycles. The van der Waals surface area contributed by atoms with Crippen molar-refractivity contribution in [3.63, 3.8) is 0 Å². The fourth-order valence-corrected chi connectivity index (χ4v) is 2.79. The van der Waals surface area contributed by atoms with E-state index in [0.717, 1.165) is 14.2 Å². The molecule has 13 heteroatoms. The summed E-state index contributed by atoms with van der Waals surface area (Å²) in [7, 11) is 2.21. The van der Waals surface area contributed by atoms with Crippen LogP contribution >= 0.6 is 0 Å². The van der Waals surface area contributed by atoms with Gasteiger partial charge in [0.15, 0.2) is 30.9 Å². The van der Waals surface area contributed by atoms with Gasteiger partial charge in [-0.25, -0.2) is 9.59 Å². The highest BCUT2D eigenvalue weighted by molar-refractivity contribution is 5.76. The van der Waals surface area contributed by atoms with Gasteiger partial charge in [0.1, 0.15) is 30.5 Å². The molecule has 0 aromatic carbocycles. The van der Waals surface area contributed by atoms with Crippen LogP contribution in [0.15, 0.2) is 0 Å². The average Bonchev–Trinajstić information content (AvgIpc) is 2.63. The highest BCUT2D eigenvalue weighted by Crippen LogP contribution is 2.27. The van der Waals surface area contributed by atoms with Crippen molar-refractivity contribution in [2.45, 2.75) is 61.4 Å². The van der Waals surface area contributed by atoms with Crippen LogP contribution < -0.4 is 0 Å². The van der Waals surface area contributed by atoms with E-state index in [1.54, 1.807) is 0 Å². The topological polar surface area (TPSA) is 202 Å². The first-order chi connectivity index (χ1) is 12.6. The van der Waals surface area contributed by atoms with Crippen LogP contribution in [0.1, 0.15) is 0 Å². The number of methoxy groups -OCH3 is 2. The van der Waals surface area contributed by atoms with Crippen LogP contribution in [0.5, 0.6) is 0 Å². The molecule has 2 rings (SSSR count). The number of carbonyl (C=O) groups excluding carboxylic acids is 1. The smallest absolute Gasteiger partial charge is 0.338 e. The van der Waals surface area contributed by atoms with Gasteiger partial charge in [0, 0.05) is 14.2 Å². The Hall–Kier alpha value is -1.42. The Morgan fingerprint density at radius 3 is 1.78 bits per heavy atom. The minimum absolute atomic E-state index is 1.09. The Morgan fingerprint density at radius 1 is 0.741 bits per heavy atom. The number of rotatable bonds is 5. The number of hydrogen-bond donors (Lipinski definition) is 6. The Labute approximate surface area is 152 Å². The summed E-state index contributed by atoms with van der Waals surface area (Å²) in [6, 6.07) is 0. The molecule has 2 aliphatic rings. The second kappa shape index (κ2) is 8.72. The molecule has 10 atom stereocenters. The fraction of sp³-hybridized carbons (Fsp3) is 0.857. The van der Waals surface area contributed by atoms with Crippen molar-refractivity contribution in [3.8, 4) is 0 Å². The van der Waals surface area contributed by atoms with Gasteiger partial charge in [-0.15, -0.1) is 0 Å².